The van der Waals surface area contributed by atoms with Crippen molar-refractivity contribution in [2.45, 2.75) is 19.6 Å². The summed E-state index contributed by atoms with van der Waals surface area (Å²) in [4.78, 5) is 11.9. The molecular weight excluding hydrogens is 256 g/mol. The maximum atomic E-state index is 11.1. The van der Waals surface area contributed by atoms with Crippen LogP contribution < -0.4 is 0 Å². The van der Waals surface area contributed by atoms with Crippen LogP contribution in [0.3, 0.4) is 0 Å². The molecule has 13 heavy (non-hydrogen) atoms. The quantitative estimate of drug-likeness (QED) is 0.732. The Hall–Kier alpha value is -0.0000000000000000763. The molecule has 1 unspecified atom stereocenters. The Bertz CT molecular complexity index is 240. The number of halogens is 1. The van der Waals surface area contributed by atoms with Crippen LogP contribution in [0.5, 0.6) is 0 Å². The molecule has 5 heteroatoms. The third-order valence-corrected chi connectivity index (χ3v) is 3.83. The average molecular weight is 267 g/mol. The molecule has 1 rings (SSSR count). The summed E-state index contributed by atoms with van der Waals surface area (Å²) in [5.74, 6) is 0.617. The Kier molecular flexibility index (Phi) is 4.28. The van der Waals surface area contributed by atoms with Crippen molar-refractivity contribution in [3.05, 3.63) is 9.39 Å². The topological polar surface area (TPSA) is 35.5 Å². The summed E-state index contributed by atoms with van der Waals surface area (Å²) in [7, 11) is 1.52. The highest BCUT2D eigenvalue weighted by Crippen LogP contribution is 2.35. The molecule has 0 aromatic rings. The van der Waals surface area contributed by atoms with Crippen LogP contribution in [0, 0.1) is 0 Å². The zero-order valence-corrected chi connectivity index (χ0v) is 9.91. The highest BCUT2D eigenvalue weighted by atomic mass is 79.9. The Morgan fingerprint density at radius 3 is 2.92 bits per heavy atom. The molecule has 0 radical (unpaired) electrons. The van der Waals surface area contributed by atoms with Gasteiger partial charge < -0.3 is 9.47 Å². The molecule has 0 amide bonds. The van der Waals surface area contributed by atoms with Crippen molar-refractivity contribution in [2.24, 2.45) is 0 Å². The van der Waals surface area contributed by atoms with Crippen molar-refractivity contribution in [1.82, 2.24) is 0 Å². The predicted molar refractivity (Wildman–Crippen MR) is 55.6 cm³/mol. The molecule has 0 N–H and O–H groups in total. The Morgan fingerprint density at radius 1 is 1.69 bits per heavy atom. The second-order valence-electron chi connectivity index (χ2n) is 2.50. The first-order chi connectivity index (χ1) is 6.20. The highest BCUT2D eigenvalue weighted by molar-refractivity contribution is 9.12. The molecule has 0 bridgehead atoms. The van der Waals surface area contributed by atoms with Crippen LogP contribution in [-0.2, 0) is 14.3 Å². The van der Waals surface area contributed by atoms with Gasteiger partial charge in [-0.25, -0.2) is 4.79 Å². The van der Waals surface area contributed by atoms with E-state index in [2.05, 4.69) is 22.9 Å². The molecule has 0 aromatic carbocycles. The van der Waals surface area contributed by atoms with Crippen LogP contribution in [-0.4, -0.2) is 25.1 Å². The van der Waals surface area contributed by atoms with Gasteiger partial charge in [0.1, 0.15) is 4.48 Å². The van der Waals surface area contributed by atoms with E-state index in [0.29, 0.717) is 4.48 Å². The molecule has 0 aliphatic carbocycles. The Morgan fingerprint density at radius 2 is 2.38 bits per heavy atom. The van der Waals surface area contributed by atoms with E-state index in [-0.39, 0.29) is 5.97 Å². The molecular formula is C8H11BrO3S. The minimum atomic E-state index is -0.515. The largest absolute Gasteiger partial charge is 0.427 e. The Balaban J connectivity index is 2.69. The van der Waals surface area contributed by atoms with Crippen LogP contribution in [0.2, 0.25) is 0 Å². The molecule has 1 heterocycles. The molecule has 0 fully saturated rings. The van der Waals surface area contributed by atoms with E-state index in [0.717, 1.165) is 17.1 Å². The predicted octanol–water partition coefficient (Wildman–Crippen LogP) is 2.27. The molecule has 74 valence electrons. The lowest BCUT2D eigenvalue weighted by Crippen LogP contribution is -2.12. The number of cyclic esters (lactones) is 1. The monoisotopic (exact) mass is 266 g/mol. The second kappa shape index (κ2) is 5.02. The number of hydrogen-bond donors (Lipinski definition) is 0. The smallest absolute Gasteiger partial charge is 0.348 e. The molecule has 0 saturated carbocycles. The summed E-state index contributed by atoms with van der Waals surface area (Å²) in [5.41, 5.74) is 0. The van der Waals surface area contributed by atoms with Crippen molar-refractivity contribution in [3.63, 3.8) is 0 Å². The maximum absolute atomic E-state index is 11.1. The molecule has 3 nitrogen and oxygen atoms in total. The van der Waals surface area contributed by atoms with Crippen molar-refractivity contribution in [2.75, 3.05) is 12.9 Å². The third kappa shape index (κ3) is 2.48. The summed E-state index contributed by atoms with van der Waals surface area (Å²) >= 11 is 4.78. The fraction of sp³-hybridized carbons (Fsp3) is 0.625. The van der Waals surface area contributed by atoms with Crippen LogP contribution in [0.15, 0.2) is 9.39 Å². The number of rotatable bonds is 4. The molecule has 0 aromatic heterocycles. The highest BCUT2D eigenvalue weighted by Gasteiger charge is 2.32. The molecule has 0 spiro atoms. The first-order valence-electron chi connectivity index (χ1n) is 3.97. The summed E-state index contributed by atoms with van der Waals surface area (Å²) in [6.45, 7) is 2.08. The van der Waals surface area contributed by atoms with Gasteiger partial charge in [0.25, 0.3) is 0 Å². The van der Waals surface area contributed by atoms with Gasteiger partial charge in [0, 0.05) is 7.11 Å². The third-order valence-electron chi connectivity index (χ3n) is 1.50. The van der Waals surface area contributed by atoms with E-state index in [4.69, 9.17) is 9.47 Å². The van der Waals surface area contributed by atoms with Crippen LogP contribution >= 0.6 is 27.7 Å². The van der Waals surface area contributed by atoms with E-state index in [1.165, 1.54) is 7.11 Å². The van der Waals surface area contributed by atoms with E-state index in [1.807, 2.05) is 0 Å². The minimum Gasteiger partial charge on any atom is -0.427 e. The zero-order chi connectivity index (χ0) is 9.84. The summed E-state index contributed by atoms with van der Waals surface area (Å²) in [6.07, 6.45) is 0.539. The molecule has 1 atom stereocenters. The number of esters is 1. The zero-order valence-electron chi connectivity index (χ0n) is 7.50. The number of carbonyl (C=O) groups excluding carboxylic acids is 1. The van der Waals surface area contributed by atoms with Gasteiger partial charge in [0.05, 0.1) is 4.91 Å². The fourth-order valence-corrected chi connectivity index (χ4v) is 2.44. The van der Waals surface area contributed by atoms with Gasteiger partial charge in [0.15, 0.2) is 0 Å². The summed E-state index contributed by atoms with van der Waals surface area (Å²) in [5, 5.41) is 0. The second-order valence-corrected chi connectivity index (χ2v) is 4.43. The van der Waals surface area contributed by atoms with E-state index in [9.17, 15) is 4.79 Å². The lowest BCUT2D eigenvalue weighted by atomic mass is 10.5. The van der Waals surface area contributed by atoms with Gasteiger partial charge in [-0.2, -0.15) is 0 Å². The maximum Gasteiger partial charge on any atom is 0.348 e. The van der Waals surface area contributed by atoms with Crippen LogP contribution in [0.25, 0.3) is 0 Å². The number of hydrogen-bond acceptors (Lipinski definition) is 4. The van der Waals surface area contributed by atoms with Gasteiger partial charge in [-0.15, -0.1) is 11.8 Å². The number of thioether (sulfide) groups is 1. The first kappa shape index (κ1) is 11.1. The SMILES string of the molecule is CCCSC1=C(Br)C(=O)OC1OC. The number of ether oxygens (including phenoxy) is 2. The van der Waals surface area contributed by atoms with E-state index < -0.39 is 6.29 Å². The van der Waals surface area contributed by atoms with Gasteiger partial charge in [0.2, 0.25) is 6.29 Å². The van der Waals surface area contributed by atoms with Gasteiger partial charge in [-0.05, 0) is 28.1 Å². The van der Waals surface area contributed by atoms with Crippen molar-refractivity contribution < 1.29 is 14.3 Å². The van der Waals surface area contributed by atoms with Gasteiger partial charge in [-0.1, -0.05) is 6.92 Å². The van der Waals surface area contributed by atoms with E-state index >= 15 is 0 Å². The lowest BCUT2D eigenvalue weighted by Gasteiger charge is -2.10. The number of methoxy groups -OCH3 is 1. The van der Waals surface area contributed by atoms with E-state index in [1.54, 1.807) is 11.8 Å². The standard InChI is InChI=1S/C8H11BrO3S/c1-3-4-13-6-5(9)7(10)12-8(6)11-2/h8H,3-4H2,1-2H3. The van der Waals surface area contributed by atoms with Crippen LogP contribution in [0.4, 0.5) is 0 Å². The van der Waals surface area contributed by atoms with Gasteiger partial charge >= 0.3 is 5.97 Å². The summed E-state index contributed by atoms with van der Waals surface area (Å²) < 4.78 is 10.4. The molecule has 0 saturated heterocycles. The number of carbonyl (C=O) groups is 1. The fourth-order valence-electron chi connectivity index (χ4n) is 0.905. The van der Waals surface area contributed by atoms with Crippen molar-refractivity contribution in [3.8, 4) is 0 Å². The van der Waals surface area contributed by atoms with Crippen molar-refractivity contribution >= 4 is 33.7 Å². The first-order valence-corrected chi connectivity index (χ1v) is 5.74. The molecule has 1 aliphatic heterocycles. The van der Waals surface area contributed by atoms with Crippen molar-refractivity contribution in [1.29, 1.82) is 0 Å². The Labute approximate surface area is 90.0 Å². The lowest BCUT2D eigenvalue weighted by molar-refractivity contribution is -0.154. The summed E-state index contributed by atoms with van der Waals surface area (Å²) in [6, 6.07) is 0. The van der Waals surface area contributed by atoms with Gasteiger partial charge in [-0.3, -0.25) is 0 Å². The average Bonchev–Trinajstić information content (AvgIpc) is 2.40. The normalized spacial score (nSPS) is 22.4. The molecule has 1 aliphatic rings. The van der Waals surface area contributed by atoms with Crippen LogP contribution in [0.1, 0.15) is 13.3 Å². The minimum absolute atomic E-state index is 0.342.